The summed E-state index contributed by atoms with van der Waals surface area (Å²) >= 11 is 0. The van der Waals surface area contributed by atoms with Gasteiger partial charge in [0.05, 0.1) is 0 Å². The van der Waals surface area contributed by atoms with Crippen molar-refractivity contribution in [2.75, 3.05) is 38.6 Å². The van der Waals surface area contributed by atoms with Crippen LogP contribution in [0.15, 0.2) is 12.3 Å². The standard InChI is InChI=1S/C17H30N4/c1-5-8-21(10-9-20(3)4)17-14(2)11-15(13-19-17)12-18-16-6-7-16/h11,13,16,18H,5-10,12H2,1-4H3. The molecule has 2 rings (SSSR count). The highest BCUT2D eigenvalue weighted by Crippen LogP contribution is 2.21. The molecule has 1 aliphatic carbocycles. The molecule has 0 spiro atoms. The summed E-state index contributed by atoms with van der Waals surface area (Å²) in [5.74, 6) is 1.15. The Labute approximate surface area is 129 Å². The maximum absolute atomic E-state index is 4.74. The number of hydrogen-bond donors (Lipinski definition) is 1. The number of aromatic nitrogens is 1. The second kappa shape index (κ2) is 7.76. The summed E-state index contributed by atoms with van der Waals surface area (Å²) in [5, 5.41) is 3.55. The van der Waals surface area contributed by atoms with Gasteiger partial charge in [-0.3, -0.25) is 0 Å². The summed E-state index contributed by atoms with van der Waals surface area (Å²) < 4.78 is 0. The van der Waals surface area contributed by atoms with Crippen LogP contribution in [0.3, 0.4) is 0 Å². The third-order valence-electron chi connectivity index (χ3n) is 3.89. The lowest BCUT2D eigenvalue weighted by Gasteiger charge is -2.26. The molecule has 4 heteroatoms. The van der Waals surface area contributed by atoms with E-state index >= 15 is 0 Å². The third-order valence-corrected chi connectivity index (χ3v) is 3.89. The van der Waals surface area contributed by atoms with Crippen LogP contribution in [-0.4, -0.2) is 49.7 Å². The predicted octanol–water partition coefficient (Wildman–Crippen LogP) is 2.42. The molecule has 0 saturated heterocycles. The highest BCUT2D eigenvalue weighted by atomic mass is 15.2. The Morgan fingerprint density at radius 2 is 2.00 bits per heavy atom. The van der Waals surface area contributed by atoms with Crippen molar-refractivity contribution in [1.29, 1.82) is 0 Å². The molecule has 1 heterocycles. The van der Waals surface area contributed by atoms with Crippen molar-refractivity contribution in [2.45, 2.75) is 45.7 Å². The predicted molar refractivity (Wildman–Crippen MR) is 89.9 cm³/mol. The maximum atomic E-state index is 4.74. The van der Waals surface area contributed by atoms with Crippen LogP contribution in [0.2, 0.25) is 0 Å². The van der Waals surface area contributed by atoms with E-state index in [9.17, 15) is 0 Å². The first-order valence-corrected chi connectivity index (χ1v) is 8.18. The highest BCUT2D eigenvalue weighted by molar-refractivity contribution is 5.47. The molecule has 1 saturated carbocycles. The van der Waals surface area contributed by atoms with Crippen molar-refractivity contribution < 1.29 is 0 Å². The van der Waals surface area contributed by atoms with E-state index in [2.05, 4.69) is 49.1 Å². The van der Waals surface area contributed by atoms with Gasteiger partial charge in [-0.2, -0.15) is 0 Å². The first kappa shape index (κ1) is 16.2. The summed E-state index contributed by atoms with van der Waals surface area (Å²) in [7, 11) is 4.24. The number of rotatable bonds is 9. The summed E-state index contributed by atoms with van der Waals surface area (Å²) in [6.07, 6.45) is 5.86. The SMILES string of the molecule is CCCN(CCN(C)C)c1ncc(CNC2CC2)cc1C. The second-order valence-electron chi connectivity index (χ2n) is 6.43. The molecule has 0 atom stereocenters. The average Bonchev–Trinajstić information content (AvgIpc) is 3.26. The zero-order chi connectivity index (χ0) is 15.2. The van der Waals surface area contributed by atoms with Gasteiger partial charge >= 0.3 is 0 Å². The Morgan fingerprint density at radius 1 is 1.24 bits per heavy atom. The number of likely N-dealkylation sites (N-methyl/N-ethyl adjacent to an activating group) is 1. The van der Waals surface area contributed by atoms with Gasteiger partial charge in [0.1, 0.15) is 5.82 Å². The van der Waals surface area contributed by atoms with Crippen molar-refractivity contribution in [2.24, 2.45) is 0 Å². The minimum Gasteiger partial charge on any atom is -0.355 e. The smallest absolute Gasteiger partial charge is 0.131 e. The van der Waals surface area contributed by atoms with Crippen molar-refractivity contribution in [3.63, 3.8) is 0 Å². The van der Waals surface area contributed by atoms with Gasteiger partial charge in [-0.15, -0.1) is 0 Å². The van der Waals surface area contributed by atoms with Gasteiger partial charge in [0.15, 0.2) is 0 Å². The lowest BCUT2D eigenvalue weighted by Crippen LogP contribution is -2.33. The van der Waals surface area contributed by atoms with Crippen LogP contribution in [0.5, 0.6) is 0 Å². The third kappa shape index (κ3) is 5.29. The highest BCUT2D eigenvalue weighted by Gasteiger charge is 2.20. The molecule has 0 bridgehead atoms. The van der Waals surface area contributed by atoms with Crippen LogP contribution in [0.1, 0.15) is 37.3 Å². The number of nitrogens with zero attached hydrogens (tertiary/aromatic N) is 3. The van der Waals surface area contributed by atoms with Crippen molar-refractivity contribution in [3.8, 4) is 0 Å². The van der Waals surface area contributed by atoms with E-state index in [-0.39, 0.29) is 0 Å². The Hall–Kier alpha value is -1.13. The van der Waals surface area contributed by atoms with Gasteiger partial charge in [0.25, 0.3) is 0 Å². The van der Waals surface area contributed by atoms with E-state index in [4.69, 9.17) is 4.98 Å². The summed E-state index contributed by atoms with van der Waals surface area (Å²) in [6.45, 7) is 8.53. The quantitative estimate of drug-likeness (QED) is 0.757. The number of pyridine rings is 1. The lowest BCUT2D eigenvalue weighted by atomic mass is 10.2. The van der Waals surface area contributed by atoms with Crippen LogP contribution in [0.4, 0.5) is 5.82 Å². The van der Waals surface area contributed by atoms with E-state index in [1.54, 1.807) is 0 Å². The van der Waals surface area contributed by atoms with E-state index in [1.807, 2.05) is 6.20 Å². The van der Waals surface area contributed by atoms with Crippen LogP contribution < -0.4 is 10.2 Å². The topological polar surface area (TPSA) is 31.4 Å². The number of aryl methyl sites for hydroxylation is 1. The number of nitrogens with one attached hydrogen (secondary N) is 1. The molecule has 0 aromatic carbocycles. The minimum atomic E-state index is 0.752. The fourth-order valence-corrected chi connectivity index (χ4v) is 2.52. The first-order valence-electron chi connectivity index (χ1n) is 8.18. The molecule has 1 aliphatic rings. The van der Waals surface area contributed by atoms with E-state index in [0.29, 0.717) is 0 Å². The number of anilines is 1. The molecule has 0 aliphatic heterocycles. The Bertz CT molecular complexity index is 440. The molecule has 1 fully saturated rings. The van der Waals surface area contributed by atoms with Gasteiger partial charge < -0.3 is 15.1 Å². The monoisotopic (exact) mass is 290 g/mol. The normalized spacial score (nSPS) is 14.7. The van der Waals surface area contributed by atoms with Gasteiger partial charge in [-0.05, 0) is 57.5 Å². The fraction of sp³-hybridized carbons (Fsp3) is 0.706. The average molecular weight is 290 g/mol. The van der Waals surface area contributed by atoms with Crippen molar-refractivity contribution >= 4 is 5.82 Å². The van der Waals surface area contributed by atoms with Crippen LogP contribution in [-0.2, 0) is 6.54 Å². The summed E-state index contributed by atoms with van der Waals surface area (Å²) in [6, 6.07) is 3.04. The Morgan fingerprint density at radius 3 is 2.57 bits per heavy atom. The van der Waals surface area contributed by atoms with Gasteiger partial charge in [-0.25, -0.2) is 4.98 Å². The molecular formula is C17H30N4. The van der Waals surface area contributed by atoms with Crippen LogP contribution in [0, 0.1) is 6.92 Å². The van der Waals surface area contributed by atoms with E-state index in [0.717, 1.165) is 44.5 Å². The largest absolute Gasteiger partial charge is 0.355 e. The fourth-order valence-electron chi connectivity index (χ4n) is 2.52. The summed E-state index contributed by atoms with van der Waals surface area (Å²) in [5.41, 5.74) is 2.59. The molecule has 1 aromatic rings. The molecule has 0 amide bonds. The first-order chi connectivity index (χ1) is 10.1. The van der Waals surface area contributed by atoms with E-state index in [1.165, 1.54) is 24.0 Å². The molecule has 21 heavy (non-hydrogen) atoms. The minimum absolute atomic E-state index is 0.752. The van der Waals surface area contributed by atoms with Gasteiger partial charge in [0.2, 0.25) is 0 Å². The summed E-state index contributed by atoms with van der Waals surface area (Å²) in [4.78, 5) is 9.38. The lowest BCUT2D eigenvalue weighted by molar-refractivity contribution is 0.412. The zero-order valence-corrected chi connectivity index (χ0v) is 14.0. The molecule has 4 nitrogen and oxygen atoms in total. The van der Waals surface area contributed by atoms with E-state index < -0.39 is 0 Å². The molecular weight excluding hydrogens is 260 g/mol. The number of hydrogen-bond acceptors (Lipinski definition) is 4. The Kier molecular flexibility index (Phi) is 6.00. The molecule has 0 radical (unpaired) electrons. The molecule has 0 unspecified atom stereocenters. The Balaban J connectivity index is 2.00. The molecule has 1 N–H and O–H groups in total. The van der Waals surface area contributed by atoms with Crippen molar-refractivity contribution in [1.82, 2.24) is 15.2 Å². The van der Waals surface area contributed by atoms with Gasteiger partial charge in [0, 0.05) is 38.4 Å². The zero-order valence-electron chi connectivity index (χ0n) is 14.0. The maximum Gasteiger partial charge on any atom is 0.131 e. The molecule has 118 valence electrons. The van der Waals surface area contributed by atoms with Crippen molar-refractivity contribution in [3.05, 3.63) is 23.4 Å². The van der Waals surface area contributed by atoms with Gasteiger partial charge in [-0.1, -0.05) is 6.92 Å². The second-order valence-corrected chi connectivity index (χ2v) is 6.43. The van der Waals surface area contributed by atoms with Crippen LogP contribution in [0.25, 0.3) is 0 Å². The van der Waals surface area contributed by atoms with Crippen LogP contribution >= 0.6 is 0 Å². The molecule has 1 aromatic heterocycles.